The van der Waals surface area contributed by atoms with E-state index in [1.807, 2.05) is 24.3 Å². The highest BCUT2D eigenvalue weighted by molar-refractivity contribution is 5.93. The zero-order valence-electron chi connectivity index (χ0n) is 16.6. The molecule has 2 rings (SSSR count). The van der Waals surface area contributed by atoms with Crippen LogP contribution in [0, 0.1) is 0 Å². The number of likely N-dealkylation sites (tertiary alicyclic amines) is 1. The lowest BCUT2D eigenvalue weighted by molar-refractivity contribution is 0.0827. The van der Waals surface area contributed by atoms with Crippen LogP contribution in [0.25, 0.3) is 0 Å². The number of aliphatic imine (C=N–C) groups is 1. The van der Waals surface area contributed by atoms with Gasteiger partial charge in [-0.15, -0.1) is 0 Å². The Morgan fingerprint density at radius 2 is 1.96 bits per heavy atom. The molecule has 6 nitrogen and oxygen atoms in total. The molecule has 1 aromatic rings. The quantitative estimate of drug-likeness (QED) is 0.577. The molecule has 1 aliphatic rings. The maximum atomic E-state index is 11.9. The van der Waals surface area contributed by atoms with Crippen LogP contribution in [0.5, 0.6) is 0 Å². The van der Waals surface area contributed by atoms with Crippen molar-refractivity contribution in [2.45, 2.75) is 39.3 Å². The van der Waals surface area contributed by atoms with Crippen molar-refractivity contribution in [1.82, 2.24) is 20.4 Å². The second-order valence-electron chi connectivity index (χ2n) is 6.90. The molecule has 2 N–H and O–H groups in total. The van der Waals surface area contributed by atoms with Crippen LogP contribution in [0.3, 0.4) is 0 Å². The Hall–Kier alpha value is -2.08. The van der Waals surface area contributed by atoms with E-state index >= 15 is 0 Å². The monoisotopic (exact) mass is 359 g/mol. The third-order valence-electron chi connectivity index (χ3n) is 4.78. The minimum Gasteiger partial charge on any atom is -0.357 e. The third kappa shape index (κ3) is 5.73. The second kappa shape index (κ2) is 10.2. The first-order valence-electron chi connectivity index (χ1n) is 9.62. The molecule has 26 heavy (non-hydrogen) atoms. The number of hydrogen-bond donors (Lipinski definition) is 2. The first kappa shape index (κ1) is 20.2. The Morgan fingerprint density at radius 3 is 2.58 bits per heavy atom. The van der Waals surface area contributed by atoms with Gasteiger partial charge in [0.2, 0.25) is 0 Å². The Morgan fingerprint density at radius 1 is 1.23 bits per heavy atom. The molecular weight excluding hydrogens is 326 g/mol. The van der Waals surface area contributed by atoms with Crippen LogP contribution in [0.4, 0.5) is 0 Å². The van der Waals surface area contributed by atoms with Crippen molar-refractivity contribution in [1.29, 1.82) is 0 Å². The van der Waals surface area contributed by atoms with Gasteiger partial charge in [0.15, 0.2) is 5.96 Å². The summed E-state index contributed by atoms with van der Waals surface area (Å²) < 4.78 is 0. The van der Waals surface area contributed by atoms with E-state index in [2.05, 4.69) is 34.4 Å². The molecule has 0 aliphatic carbocycles. The minimum atomic E-state index is 0.0205. The van der Waals surface area contributed by atoms with Gasteiger partial charge in [-0.3, -0.25) is 9.69 Å². The minimum absolute atomic E-state index is 0.0205. The maximum Gasteiger partial charge on any atom is 0.253 e. The van der Waals surface area contributed by atoms with Crippen molar-refractivity contribution in [3.63, 3.8) is 0 Å². The van der Waals surface area contributed by atoms with Crippen LogP contribution in [-0.4, -0.2) is 68.0 Å². The van der Waals surface area contributed by atoms with Crippen molar-refractivity contribution < 1.29 is 4.79 Å². The van der Waals surface area contributed by atoms with Crippen LogP contribution in [0.2, 0.25) is 0 Å². The summed E-state index contributed by atoms with van der Waals surface area (Å²) in [6.45, 7) is 8.97. The van der Waals surface area contributed by atoms with Crippen molar-refractivity contribution in [2.24, 2.45) is 4.99 Å². The van der Waals surface area contributed by atoms with Crippen LogP contribution in [0.15, 0.2) is 29.3 Å². The van der Waals surface area contributed by atoms with Crippen LogP contribution >= 0.6 is 0 Å². The van der Waals surface area contributed by atoms with Gasteiger partial charge in [0.1, 0.15) is 0 Å². The fraction of sp³-hybridized carbons (Fsp3) is 0.600. The molecule has 1 amide bonds. The summed E-state index contributed by atoms with van der Waals surface area (Å²) >= 11 is 0. The Bertz CT molecular complexity index is 597. The number of nitrogens with one attached hydrogen (secondary N) is 2. The Balaban J connectivity index is 1.92. The van der Waals surface area contributed by atoms with Gasteiger partial charge in [-0.1, -0.05) is 19.1 Å². The smallest absolute Gasteiger partial charge is 0.253 e. The van der Waals surface area contributed by atoms with Gasteiger partial charge in [-0.2, -0.15) is 0 Å². The summed E-state index contributed by atoms with van der Waals surface area (Å²) in [5.74, 6) is 0.871. The standard InChI is InChI=1S/C20H33N5O/c1-5-21-20(23-15-18-8-7-13-25(18)6-2)22-14-16-9-11-17(12-10-16)19(26)24(3)4/h9-12,18H,5-8,13-15H2,1-4H3,(H2,21,22,23). The lowest BCUT2D eigenvalue weighted by Gasteiger charge is -2.24. The van der Waals surface area contributed by atoms with Crippen LogP contribution in [0.1, 0.15) is 42.6 Å². The van der Waals surface area contributed by atoms with Crippen molar-refractivity contribution >= 4 is 11.9 Å². The normalized spacial score (nSPS) is 18.0. The molecule has 144 valence electrons. The van der Waals surface area contributed by atoms with Gasteiger partial charge in [-0.05, 0) is 50.6 Å². The first-order valence-corrected chi connectivity index (χ1v) is 9.62. The number of benzene rings is 1. The predicted molar refractivity (Wildman–Crippen MR) is 108 cm³/mol. The molecule has 1 saturated heterocycles. The van der Waals surface area contributed by atoms with Gasteiger partial charge in [0, 0.05) is 38.8 Å². The van der Waals surface area contributed by atoms with E-state index in [1.54, 1.807) is 19.0 Å². The van der Waals surface area contributed by atoms with Crippen LogP contribution in [-0.2, 0) is 6.54 Å². The number of guanidine groups is 1. The highest BCUT2D eigenvalue weighted by Crippen LogP contribution is 2.15. The van der Waals surface area contributed by atoms with Gasteiger partial charge >= 0.3 is 0 Å². The highest BCUT2D eigenvalue weighted by atomic mass is 16.2. The molecule has 6 heteroatoms. The lowest BCUT2D eigenvalue weighted by Crippen LogP contribution is -2.44. The Labute approximate surface area is 157 Å². The zero-order chi connectivity index (χ0) is 18.9. The molecule has 0 radical (unpaired) electrons. The van der Waals surface area contributed by atoms with E-state index in [4.69, 9.17) is 0 Å². The first-order chi connectivity index (χ1) is 12.5. The summed E-state index contributed by atoms with van der Waals surface area (Å²) in [6.07, 6.45) is 2.54. The lowest BCUT2D eigenvalue weighted by atomic mass is 10.1. The Kier molecular flexibility index (Phi) is 7.91. The van der Waals surface area contributed by atoms with E-state index in [1.165, 1.54) is 19.4 Å². The molecule has 0 aromatic heterocycles. The average molecular weight is 360 g/mol. The molecule has 0 saturated carbocycles. The molecule has 0 spiro atoms. The zero-order valence-corrected chi connectivity index (χ0v) is 16.6. The SMILES string of the molecule is CCNC(=NCc1ccc(C(=O)N(C)C)cc1)NCC1CCCN1CC. The van der Waals surface area contributed by atoms with Gasteiger partial charge in [0.05, 0.1) is 6.54 Å². The van der Waals surface area contributed by atoms with E-state index in [0.717, 1.165) is 31.2 Å². The molecule has 1 aliphatic heterocycles. The number of nitrogens with zero attached hydrogens (tertiary/aromatic N) is 3. The number of carbonyl (C=O) groups excluding carboxylic acids is 1. The number of amides is 1. The summed E-state index contributed by atoms with van der Waals surface area (Å²) in [6, 6.07) is 8.27. The fourth-order valence-corrected chi connectivity index (χ4v) is 3.28. The van der Waals surface area contributed by atoms with Crippen LogP contribution < -0.4 is 10.6 Å². The summed E-state index contributed by atoms with van der Waals surface area (Å²) in [4.78, 5) is 20.7. The molecule has 0 bridgehead atoms. The van der Waals surface area contributed by atoms with E-state index in [-0.39, 0.29) is 5.91 Å². The molecule has 1 unspecified atom stereocenters. The number of hydrogen-bond acceptors (Lipinski definition) is 3. The number of likely N-dealkylation sites (N-methyl/N-ethyl adjacent to an activating group) is 1. The highest BCUT2D eigenvalue weighted by Gasteiger charge is 2.22. The van der Waals surface area contributed by atoms with Crippen molar-refractivity contribution in [2.75, 3.05) is 40.3 Å². The number of rotatable bonds is 7. The third-order valence-corrected chi connectivity index (χ3v) is 4.78. The number of carbonyl (C=O) groups is 1. The topological polar surface area (TPSA) is 60.0 Å². The average Bonchev–Trinajstić information content (AvgIpc) is 3.11. The van der Waals surface area contributed by atoms with Gasteiger partial charge in [0.25, 0.3) is 5.91 Å². The van der Waals surface area contributed by atoms with E-state index in [9.17, 15) is 4.79 Å². The molecule has 1 fully saturated rings. The summed E-state index contributed by atoms with van der Waals surface area (Å²) in [7, 11) is 3.53. The summed E-state index contributed by atoms with van der Waals surface area (Å²) in [5, 5.41) is 6.79. The van der Waals surface area contributed by atoms with Gasteiger partial charge in [-0.25, -0.2) is 4.99 Å². The molecular formula is C20H33N5O. The van der Waals surface area contributed by atoms with E-state index < -0.39 is 0 Å². The maximum absolute atomic E-state index is 11.9. The molecule has 1 aromatic carbocycles. The van der Waals surface area contributed by atoms with Gasteiger partial charge < -0.3 is 15.5 Å². The van der Waals surface area contributed by atoms with Crippen molar-refractivity contribution in [3.05, 3.63) is 35.4 Å². The second-order valence-corrected chi connectivity index (χ2v) is 6.90. The molecule has 1 heterocycles. The fourth-order valence-electron chi connectivity index (χ4n) is 3.28. The molecule has 1 atom stereocenters. The largest absolute Gasteiger partial charge is 0.357 e. The van der Waals surface area contributed by atoms with E-state index in [0.29, 0.717) is 18.2 Å². The van der Waals surface area contributed by atoms with Crippen molar-refractivity contribution in [3.8, 4) is 0 Å². The predicted octanol–water partition coefficient (Wildman–Crippen LogP) is 1.93. The summed E-state index contributed by atoms with van der Waals surface area (Å²) in [5.41, 5.74) is 1.79.